The van der Waals surface area contributed by atoms with Crippen LogP contribution in [-0.2, 0) is 6.54 Å². The first-order valence-corrected chi connectivity index (χ1v) is 8.68. The van der Waals surface area contributed by atoms with Gasteiger partial charge in [-0.1, -0.05) is 23.7 Å². The van der Waals surface area contributed by atoms with Gasteiger partial charge in [0.1, 0.15) is 11.6 Å². The van der Waals surface area contributed by atoms with Gasteiger partial charge in [-0.2, -0.15) is 5.10 Å². The van der Waals surface area contributed by atoms with E-state index in [2.05, 4.69) is 10.4 Å². The SMILES string of the molecule is Cc1cnn(CC2CC2)c1NC(=O)c1ccc(-c2ccccc2Cl)o1. The summed E-state index contributed by atoms with van der Waals surface area (Å²) < 4.78 is 7.57. The Balaban J connectivity index is 1.54. The summed E-state index contributed by atoms with van der Waals surface area (Å²) >= 11 is 6.19. The van der Waals surface area contributed by atoms with E-state index in [9.17, 15) is 4.79 Å². The van der Waals surface area contributed by atoms with Crippen molar-refractivity contribution in [1.82, 2.24) is 9.78 Å². The number of nitrogens with zero attached hydrogens (tertiary/aromatic N) is 2. The van der Waals surface area contributed by atoms with Crippen molar-refractivity contribution in [1.29, 1.82) is 0 Å². The maximum absolute atomic E-state index is 12.6. The molecule has 2 heterocycles. The number of carbonyl (C=O) groups is 1. The number of benzene rings is 1. The Morgan fingerprint density at radius 2 is 2.12 bits per heavy atom. The molecule has 0 unspecified atom stereocenters. The number of amides is 1. The summed E-state index contributed by atoms with van der Waals surface area (Å²) in [4.78, 5) is 12.6. The van der Waals surface area contributed by atoms with E-state index in [-0.39, 0.29) is 11.7 Å². The van der Waals surface area contributed by atoms with Gasteiger partial charge in [0, 0.05) is 17.7 Å². The molecule has 0 saturated heterocycles. The van der Waals surface area contributed by atoms with E-state index in [0.29, 0.717) is 16.7 Å². The average Bonchev–Trinajstić information content (AvgIpc) is 3.17. The van der Waals surface area contributed by atoms with E-state index in [1.54, 1.807) is 24.4 Å². The number of furan rings is 1. The van der Waals surface area contributed by atoms with Gasteiger partial charge >= 0.3 is 0 Å². The molecule has 1 N–H and O–H groups in total. The Labute approximate surface area is 150 Å². The molecule has 0 spiro atoms. The van der Waals surface area contributed by atoms with Crippen molar-refractivity contribution in [3.8, 4) is 11.3 Å². The second kappa shape index (κ2) is 6.41. The number of aromatic nitrogens is 2. The number of nitrogens with one attached hydrogen (secondary N) is 1. The minimum Gasteiger partial charge on any atom is -0.451 e. The second-order valence-corrected chi connectivity index (χ2v) is 6.81. The van der Waals surface area contributed by atoms with E-state index in [1.165, 1.54) is 12.8 Å². The molecule has 1 amide bonds. The summed E-state index contributed by atoms with van der Waals surface area (Å²) in [5, 5.41) is 7.87. The normalized spacial score (nSPS) is 13.8. The number of hydrogen-bond acceptors (Lipinski definition) is 3. The third-order valence-corrected chi connectivity index (χ3v) is 4.68. The summed E-state index contributed by atoms with van der Waals surface area (Å²) in [6, 6.07) is 10.8. The van der Waals surface area contributed by atoms with E-state index < -0.39 is 0 Å². The van der Waals surface area contributed by atoms with Crippen LogP contribution in [0.5, 0.6) is 0 Å². The largest absolute Gasteiger partial charge is 0.451 e. The standard InChI is InChI=1S/C19H18ClN3O2/c1-12-10-21-23(11-13-6-7-13)18(12)22-19(24)17-9-8-16(25-17)14-4-2-3-5-15(14)20/h2-5,8-10,13H,6-7,11H2,1H3,(H,22,24). The number of aryl methyl sites for hydroxylation is 1. The number of anilines is 1. The van der Waals surface area contributed by atoms with Gasteiger partial charge in [0.25, 0.3) is 5.91 Å². The highest BCUT2D eigenvalue weighted by molar-refractivity contribution is 6.33. The minimum atomic E-state index is -0.293. The van der Waals surface area contributed by atoms with Crippen LogP contribution in [-0.4, -0.2) is 15.7 Å². The maximum atomic E-state index is 12.6. The van der Waals surface area contributed by atoms with Crippen molar-refractivity contribution < 1.29 is 9.21 Å². The maximum Gasteiger partial charge on any atom is 0.292 e. The second-order valence-electron chi connectivity index (χ2n) is 6.40. The first-order valence-electron chi connectivity index (χ1n) is 8.30. The van der Waals surface area contributed by atoms with Gasteiger partial charge in [-0.3, -0.25) is 4.79 Å². The lowest BCUT2D eigenvalue weighted by Crippen LogP contribution is -2.16. The van der Waals surface area contributed by atoms with Crippen LogP contribution in [0.15, 0.2) is 47.0 Å². The van der Waals surface area contributed by atoms with Gasteiger partial charge in [0.15, 0.2) is 5.76 Å². The molecule has 128 valence electrons. The topological polar surface area (TPSA) is 60.1 Å². The smallest absolute Gasteiger partial charge is 0.292 e. The van der Waals surface area contributed by atoms with Gasteiger partial charge in [-0.25, -0.2) is 4.68 Å². The molecule has 6 heteroatoms. The monoisotopic (exact) mass is 355 g/mol. The summed E-state index contributed by atoms with van der Waals surface area (Å²) in [7, 11) is 0. The van der Waals surface area contributed by atoms with E-state index in [0.717, 1.165) is 23.5 Å². The Hall–Kier alpha value is -2.53. The third kappa shape index (κ3) is 3.33. The molecule has 1 fully saturated rings. The predicted octanol–water partition coefficient (Wildman–Crippen LogP) is 4.77. The Morgan fingerprint density at radius 3 is 2.88 bits per heavy atom. The zero-order chi connectivity index (χ0) is 17.4. The van der Waals surface area contributed by atoms with Gasteiger partial charge < -0.3 is 9.73 Å². The molecule has 4 rings (SSSR count). The fourth-order valence-corrected chi connectivity index (χ4v) is 2.99. The lowest BCUT2D eigenvalue weighted by molar-refractivity contribution is 0.0996. The molecule has 1 aromatic carbocycles. The van der Waals surface area contributed by atoms with Crippen molar-refractivity contribution in [2.45, 2.75) is 26.3 Å². The zero-order valence-corrected chi connectivity index (χ0v) is 14.6. The van der Waals surface area contributed by atoms with Gasteiger partial charge in [-0.15, -0.1) is 0 Å². The van der Waals surface area contributed by atoms with E-state index in [1.807, 2.05) is 29.8 Å². The molecular weight excluding hydrogens is 338 g/mol. The highest BCUT2D eigenvalue weighted by atomic mass is 35.5. The van der Waals surface area contributed by atoms with Crippen molar-refractivity contribution >= 4 is 23.3 Å². The Bertz CT molecular complexity index is 924. The van der Waals surface area contributed by atoms with Crippen LogP contribution in [0.3, 0.4) is 0 Å². The molecule has 25 heavy (non-hydrogen) atoms. The summed E-state index contributed by atoms with van der Waals surface area (Å²) in [6.45, 7) is 2.77. The minimum absolute atomic E-state index is 0.244. The molecule has 0 bridgehead atoms. The molecule has 1 aliphatic carbocycles. The van der Waals surface area contributed by atoms with Gasteiger partial charge in [-0.05, 0) is 49.9 Å². The number of carbonyl (C=O) groups excluding carboxylic acids is 1. The Kier molecular flexibility index (Phi) is 4.09. The zero-order valence-electron chi connectivity index (χ0n) is 13.8. The average molecular weight is 356 g/mol. The van der Waals surface area contributed by atoms with Crippen molar-refractivity contribution in [2.24, 2.45) is 5.92 Å². The quantitative estimate of drug-likeness (QED) is 0.717. The van der Waals surface area contributed by atoms with Crippen LogP contribution in [0, 0.1) is 12.8 Å². The van der Waals surface area contributed by atoms with Crippen LogP contribution in [0.25, 0.3) is 11.3 Å². The number of hydrogen-bond donors (Lipinski definition) is 1. The fourth-order valence-electron chi connectivity index (χ4n) is 2.76. The van der Waals surface area contributed by atoms with E-state index in [4.69, 9.17) is 16.0 Å². The van der Waals surface area contributed by atoms with Gasteiger partial charge in [0.2, 0.25) is 0 Å². The van der Waals surface area contributed by atoms with Crippen LogP contribution in [0.4, 0.5) is 5.82 Å². The highest BCUT2D eigenvalue weighted by Gasteiger charge is 2.24. The molecule has 0 aliphatic heterocycles. The molecule has 0 radical (unpaired) electrons. The van der Waals surface area contributed by atoms with E-state index >= 15 is 0 Å². The Morgan fingerprint density at radius 1 is 1.32 bits per heavy atom. The lowest BCUT2D eigenvalue weighted by atomic mass is 10.2. The predicted molar refractivity (Wildman–Crippen MR) is 96.8 cm³/mol. The van der Waals surface area contributed by atoms with Crippen LogP contribution < -0.4 is 5.32 Å². The number of rotatable bonds is 5. The molecule has 1 aliphatic rings. The lowest BCUT2D eigenvalue weighted by Gasteiger charge is -2.08. The first-order chi connectivity index (χ1) is 12.1. The molecule has 1 saturated carbocycles. The number of halogens is 1. The highest BCUT2D eigenvalue weighted by Crippen LogP contribution is 2.32. The molecule has 0 atom stereocenters. The van der Waals surface area contributed by atoms with Gasteiger partial charge in [0.05, 0.1) is 11.2 Å². The summed E-state index contributed by atoms with van der Waals surface area (Å²) in [5.41, 5.74) is 1.70. The van der Waals surface area contributed by atoms with Crippen molar-refractivity contribution in [2.75, 3.05) is 5.32 Å². The third-order valence-electron chi connectivity index (χ3n) is 4.35. The fraction of sp³-hybridized carbons (Fsp3) is 0.263. The van der Waals surface area contributed by atoms with Crippen molar-refractivity contribution in [3.05, 3.63) is 58.9 Å². The van der Waals surface area contributed by atoms with Crippen LogP contribution in [0.1, 0.15) is 29.0 Å². The molecular formula is C19H18ClN3O2. The van der Waals surface area contributed by atoms with Crippen LogP contribution in [0.2, 0.25) is 5.02 Å². The molecule has 5 nitrogen and oxygen atoms in total. The molecule has 3 aromatic rings. The first kappa shape index (κ1) is 16.0. The van der Waals surface area contributed by atoms with Crippen molar-refractivity contribution in [3.63, 3.8) is 0 Å². The summed E-state index contributed by atoms with van der Waals surface area (Å²) in [6.07, 6.45) is 4.23. The van der Waals surface area contributed by atoms with Crippen LogP contribution >= 0.6 is 11.6 Å². The molecule has 2 aromatic heterocycles. The summed E-state index contributed by atoms with van der Waals surface area (Å²) in [5.74, 6) is 1.92.